The van der Waals surface area contributed by atoms with Gasteiger partial charge in [-0.3, -0.25) is 0 Å². The van der Waals surface area contributed by atoms with Gasteiger partial charge in [0.2, 0.25) is 0 Å². The van der Waals surface area contributed by atoms with Crippen LogP contribution < -0.4 is 10.1 Å². The van der Waals surface area contributed by atoms with Crippen LogP contribution in [0.4, 0.5) is 0 Å². The highest BCUT2D eigenvalue weighted by atomic mass is 127. The molecule has 0 radical (unpaired) electrons. The van der Waals surface area contributed by atoms with E-state index in [0.717, 1.165) is 45.0 Å². The molecule has 0 aliphatic carbocycles. The zero-order valence-corrected chi connectivity index (χ0v) is 19.7. The molecule has 158 valence electrons. The summed E-state index contributed by atoms with van der Waals surface area (Å²) in [6.07, 6.45) is 2.44. The molecule has 2 saturated heterocycles. The lowest BCUT2D eigenvalue weighted by Crippen LogP contribution is -2.53. The SMILES string of the molecule is CCNC(=NCC(C)Oc1ccccc1Cl)N1CCOC(C2CCCO2)C1.I. The largest absolute Gasteiger partial charge is 0.487 e. The van der Waals surface area contributed by atoms with E-state index in [4.69, 9.17) is 30.8 Å². The maximum absolute atomic E-state index is 6.17. The molecule has 0 amide bonds. The molecule has 0 spiro atoms. The Labute approximate surface area is 190 Å². The van der Waals surface area contributed by atoms with E-state index in [-0.39, 0.29) is 42.3 Å². The lowest BCUT2D eigenvalue weighted by atomic mass is 10.1. The van der Waals surface area contributed by atoms with Gasteiger partial charge in [0.25, 0.3) is 0 Å². The number of guanidine groups is 1. The van der Waals surface area contributed by atoms with Crippen molar-refractivity contribution >= 4 is 41.5 Å². The monoisotopic (exact) mass is 523 g/mol. The van der Waals surface area contributed by atoms with E-state index in [1.807, 2.05) is 31.2 Å². The van der Waals surface area contributed by atoms with E-state index in [1.54, 1.807) is 0 Å². The number of rotatable bonds is 6. The smallest absolute Gasteiger partial charge is 0.194 e. The highest BCUT2D eigenvalue weighted by molar-refractivity contribution is 14.0. The van der Waals surface area contributed by atoms with Crippen LogP contribution in [-0.2, 0) is 9.47 Å². The summed E-state index contributed by atoms with van der Waals surface area (Å²) in [6, 6.07) is 7.52. The molecule has 1 aromatic carbocycles. The van der Waals surface area contributed by atoms with Crippen LogP contribution in [-0.4, -0.2) is 68.6 Å². The topological polar surface area (TPSA) is 55.3 Å². The first-order valence-corrected chi connectivity index (χ1v) is 10.2. The van der Waals surface area contributed by atoms with E-state index in [2.05, 4.69) is 17.1 Å². The number of morpholine rings is 1. The molecule has 0 aromatic heterocycles. The van der Waals surface area contributed by atoms with Crippen molar-refractivity contribution in [1.82, 2.24) is 10.2 Å². The molecule has 1 aromatic rings. The summed E-state index contributed by atoms with van der Waals surface area (Å²) in [7, 11) is 0. The van der Waals surface area contributed by atoms with E-state index in [0.29, 0.717) is 23.9 Å². The normalized spacial score (nSPS) is 23.8. The maximum atomic E-state index is 6.17. The van der Waals surface area contributed by atoms with Gasteiger partial charge in [-0.1, -0.05) is 23.7 Å². The van der Waals surface area contributed by atoms with Crippen LogP contribution in [0.15, 0.2) is 29.3 Å². The molecular formula is C20H31ClIN3O3. The van der Waals surface area contributed by atoms with Gasteiger partial charge in [0.1, 0.15) is 18.0 Å². The molecule has 0 saturated carbocycles. The molecule has 2 fully saturated rings. The Kier molecular flexibility index (Phi) is 10.1. The molecule has 28 heavy (non-hydrogen) atoms. The summed E-state index contributed by atoms with van der Waals surface area (Å²) in [6.45, 7) is 8.62. The number of halogens is 2. The molecule has 3 unspecified atom stereocenters. The van der Waals surface area contributed by atoms with Gasteiger partial charge < -0.3 is 24.4 Å². The number of nitrogens with zero attached hydrogens (tertiary/aromatic N) is 2. The molecular weight excluding hydrogens is 493 g/mol. The fourth-order valence-corrected chi connectivity index (χ4v) is 3.60. The van der Waals surface area contributed by atoms with Gasteiger partial charge in [-0.2, -0.15) is 0 Å². The number of nitrogens with one attached hydrogen (secondary N) is 1. The van der Waals surface area contributed by atoms with E-state index >= 15 is 0 Å². The Bertz CT molecular complexity index is 628. The van der Waals surface area contributed by atoms with Crippen molar-refractivity contribution in [2.75, 3.05) is 39.4 Å². The second-order valence-corrected chi connectivity index (χ2v) is 7.37. The van der Waals surface area contributed by atoms with Gasteiger partial charge >= 0.3 is 0 Å². The second-order valence-electron chi connectivity index (χ2n) is 6.96. The van der Waals surface area contributed by atoms with Gasteiger partial charge in [0.15, 0.2) is 5.96 Å². The van der Waals surface area contributed by atoms with Crippen LogP contribution in [0.5, 0.6) is 5.75 Å². The van der Waals surface area contributed by atoms with Crippen molar-refractivity contribution in [3.8, 4) is 5.75 Å². The van der Waals surface area contributed by atoms with Crippen LogP contribution >= 0.6 is 35.6 Å². The summed E-state index contributed by atoms with van der Waals surface area (Å²) in [5.41, 5.74) is 0. The number of para-hydroxylation sites is 1. The Hall–Kier alpha value is -0.770. The second kappa shape index (κ2) is 12.0. The van der Waals surface area contributed by atoms with Crippen molar-refractivity contribution in [2.24, 2.45) is 4.99 Å². The van der Waals surface area contributed by atoms with Crippen LogP contribution in [0.2, 0.25) is 5.02 Å². The Morgan fingerprint density at radius 2 is 2.11 bits per heavy atom. The van der Waals surface area contributed by atoms with Crippen LogP contribution in [0.3, 0.4) is 0 Å². The minimum absolute atomic E-state index is 0. The third-order valence-corrected chi connectivity index (χ3v) is 5.08. The molecule has 2 heterocycles. The highest BCUT2D eigenvalue weighted by Gasteiger charge is 2.32. The van der Waals surface area contributed by atoms with Crippen LogP contribution in [0.25, 0.3) is 0 Å². The third-order valence-electron chi connectivity index (χ3n) is 4.77. The fraction of sp³-hybridized carbons (Fsp3) is 0.650. The molecule has 2 aliphatic heterocycles. The predicted molar refractivity (Wildman–Crippen MR) is 123 cm³/mol. The average molecular weight is 524 g/mol. The number of hydrogen-bond acceptors (Lipinski definition) is 4. The maximum Gasteiger partial charge on any atom is 0.194 e. The van der Waals surface area contributed by atoms with Crippen molar-refractivity contribution < 1.29 is 14.2 Å². The minimum atomic E-state index is -0.0754. The van der Waals surface area contributed by atoms with E-state index in [1.165, 1.54) is 0 Å². The zero-order chi connectivity index (χ0) is 19.1. The first-order chi connectivity index (χ1) is 13.2. The molecule has 0 bridgehead atoms. The van der Waals surface area contributed by atoms with Gasteiger partial charge in [-0.15, -0.1) is 24.0 Å². The molecule has 6 nitrogen and oxygen atoms in total. The lowest BCUT2D eigenvalue weighted by molar-refractivity contribution is -0.0817. The molecule has 1 N–H and O–H groups in total. The van der Waals surface area contributed by atoms with Gasteiger partial charge in [-0.25, -0.2) is 4.99 Å². The van der Waals surface area contributed by atoms with Gasteiger partial charge in [0, 0.05) is 26.2 Å². The Morgan fingerprint density at radius 3 is 2.82 bits per heavy atom. The quantitative estimate of drug-likeness (QED) is 0.351. The van der Waals surface area contributed by atoms with Crippen molar-refractivity contribution in [3.05, 3.63) is 29.3 Å². The molecule has 8 heteroatoms. The van der Waals surface area contributed by atoms with Gasteiger partial charge in [-0.05, 0) is 38.8 Å². The summed E-state index contributed by atoms with van der Waals surface area (Å²) in [5, 5.41) is 4.01. The number of aliphatic imine (C=N–C) groups is 1. The zero-order valence-electron chi connectivity index (χ0n) is 16.6. The number of benzene rings is 1. The van der Waals surface area contributed by atoms with Gasteiger partial charge in [0.05, 0.1) is 24.3 Å². The van der Waals surface area contributed by atoms with Crippen molar-refractivity contribution in [1.29, 1.82) is 0 Å². The average Bonchev–Trinajstić information content (AvgIpc) is 3.22. The lowest BCUT2D eigenvalue weighted by Gasteiger charge is -2.37. The fourth-order valence-electron chi connectivity index (χ4n) is 3.42. The highest BCUT2D eigenvalue weighted by Crippen LogP contribution is 2.24. The Balaban J connectivity index is 0.00000280. The first kappa shape index (κ1) is 23.5. The molecule has 3 atom stereocenters. The third kappa shape index (κ3) is 6.64. The van der Waals surface area contributed by atoms with E-state index < -0.39 is 0 Å². The van der Waals surface area contributed by atoms with Crippen LogP contribution in [0.1, 0.15) is 26.7 Å². The number of ether oxygens (including phenoxy) is 3. The van der Waals surface area contributed by atoms with Crippen LogP contribution in [0, 0.1) is 0 Å². The molecule has 2 aliphatic rings. The summed E-state index contributed by atoms with van der Waals surface area (Å²) >= 11 is 6.17. The summed E-state index contributed by atoms with van der Waals surface area (Å²) in [5.74, 6) is 1.59. The Morgan fingerprint density at radius 1 is 1.32 bits per heavy atom. The number of hydrogen-bond donors (Lipinski definition) is 1. The van der Waals surface area contributed by atoms with Crippen molar-refractivity contribution in [2.45, 2.75) is 45.0 Å². The first-order valence-electron chi connectivity index (χ1n) is 9.85. The summed E-state index contributed by atoms with van der Waals surface area (Å²) < 4.78 is 17.7. The standard InChI is InChI=1S/C20H30ClN3O3.HI/c1-3-22-20(23-13-15(2)27-17-8-5-4-7-16(17)21)24-10-12-26-19(14-24)18-9-6-11-25-18;/h4-5,7-8,15,18-19H,3,6,9-14H2,1-2H3,(H,22,23);1H. The minimum Gasteiger partial charge on any atom is -0.487 e. The van der Waals surface area contributed by atoms with Crippen molar-refractivity contribution in [3.63, 3.8) is 0 Å². The predicted octanol–water partition coefficient (Wildman–Crippen LogP) is 3.57. The summed E-state index contributed by atoms with van der Waals surface area (Å²) in [4.78, 5) is 7.06. The molecule has 3 rings (SSSR count). The van der Waals surface area contributed by atoms with E-state index in [9.17, 15) is 0 Å².